The second-order valence-electron chi connectivity index (χ2n) is 5.17. The third-order valence-electron chi connectivity index (χ3n) is 3.57. The molecule has 0 N–H and O–H groups in total. The number of hydrogen-bond acceptors (Lipinski definition) is 2. The number of benzene rings is 2. The molecular formula is C18H14FNO. The lowest BCUT2D eigenvalue weighted by Gasteiger charge is -2.06. The standard InChI is InChI=1S/C18H14FNO/c1-12-6-15-8-14(7-13-2-4-17(19)5-3-13)10-20-18(15)9-16(12)11-21/h2-6,8-11H,7H2,1H3. The van der Waals surface area contributed by atoms with Gasteiger partial charge in [-0.05, 0) is 60.4 Å². The van der Waals surface area contributed by atoms with E-state index in [2.05, 4.69) is 11.1 Å². The SMILES string of the molecule is Cc1cc2cc(Cc3ccc(F)cc3)cnc2cc1C=O. The molecule has 0 saturated carbocycles. The largest absolute Gasteiger partial charge is 0.298 e. The summed E-state index contributed by atoms with van der Waals surface area (Å²) in [4.78, 5) is 15.4. The minimum atomic E-state index is -0.229. The van der Waals surface area contributed by atoms with Crippen molar-refractivity contribution in [3.8, 4) is 0 Å². The van der Waals surface area contributed by atoms with Crippen molar-refractivity contribution in [2.45, 2.75) is 13.3 Å². The fourth-order valence-electron chi connectivity index (χ4n) is 2.41. The molecule has 0 spiro atoms. The Morgan fingerprint density at radius 2 is 1.86 bits per heavy atom. The normalized spacial score (nSPS) is 10.8. The predicted molar refractivity (Wildman–Crippen MR) is 81.1 cm³/mol. The van der Waals surface area contributed by atoms with Crippen molar-refractivity contribution < 1.29 is 9.18 Å². The first-order valence-corrected chi connectivity index (χ1v) is 6.74. The van der Waals surface area contributed by atoms with E-state index in [-0.39, 0.29) is 5.82 Å². The van der Waals surface area contributed by atoms with Crippen LogP contribution >= 0.6 is 0 Å². The number of aryl methyl sites for hydroxylation is 1. The van der Waals surface area contributed by atoms with Crippen molar-refractivity contribution in [2.75, 3.05) is 0 Å². The number of hydrogen-bond donors (Lipinski definition) is 0. The summed E-state index contributed by atoms with van der Waals surface area (Å²) in [5.41, 5.74) is 4.52. The first kappa shape index (κ1) is 13.4. The highest BCUT2D eigenvalue weighted by Crippen LogP contribution is 2.20. The van der Waals surface area contributed by atoms with Crippen molar-refractivity contribution in [3.63, 3.8) is 0 Å². The lowest BCUT2D eigenvalue weighted by molar-refractivity contribution is 0.112. The topological polar surface area (TPSA) is 30.0 Å². The van der Waals surface area contributed by atoms with Crippen molar-refractivity contribution in [3.05, 3.63) is 76.7 Å². The van der Waals surface area contributed by atoms with E-state index in [1.54, 1.807) is 24.4 Å². The summed E-state index contributed by atoms with van der Waals surface area (Å²) < 4.78 is 12.9. The summed E-state index contributed by atoms with van der Waals surface area (Å²) in [5, 5.41) is 1.01. The fourth-order valence-corrected chi connectivity index (χ4v) is 2.41. The Balaban J connectivity index is 1.97. The smallest absolute Gasteiger partial charge is 0.150 e. The van der Waals surface area contributed by atoms with Crippen LogP contribution in [-0.2, 0) is 6.42 Å². The molecule has 0 atom stereocenters. The van der Waals surface area contributed by atoms with Gasteiger partial charge < -0.3 is 0 Å². The molecule has 3 rings (SSSR count). The lowest BCUT2D eigenvalue weighted by atomic mass is 10.0. The second kappa shape index (κ2) is 5.44. The number of rotatable bonds is 3. The van der Waals surface area contributed by atoms with Crippen LogP contribution in [0.15, 0.2) is 48.7 Å². The molecule has 0 aliphatic heterocycles. The van der Waals surface area contributed by atoms with Crippen LogP contribution in [0.1, 0.15) is 27.0 Å². The predicted octanol–water partition coefficient (Wildman–Crippen LogP) is 4.09. The van der Waals surface area contributed by atoms with Crippen LogP contribution in [0.3, 0.4) is 0 Å². The molecule has 2 nitrogen and oxygen atoms in total. The Hall–Kier alpha value is -2.55. The average molecular weight is 279 g/mol. The molecule has 0 saturated heterocycles. The molecule has 21 heavy (non-hydrogen) atoms. The van der Waals surface area contributed by atoms with E-state index in [0.29, 0.717) is 12.0 Å². The molecule has 104 valence electrons. The summed E-state index contributed by atoms with van der Waals surface area (Å²) in [6.45, 7) is 1.91. The van der Waals surface area contributed by atoms with Crippen LogP contribution in [0.25, 0.3) is 10.9 Å². The number of aldehydes is 1. The Morgan fingerprint density at radius 3 is 2.57 bits per heavy atom. The van der Waals surface area contributed by atoms with Gasteiger partial charge in [0.05, 0.1) is 5.52 Å². The lowest BCUT2D eigenvalue weighted by Crippen LogP contribution is -1.93. The van der Waals surface area contributed by atoms with Gasteiger partial charge in [-0.2, -0.15) is 0 Å². The number of aromatic nitrogens is 1. The van der Waals surface area contributed by atoms with Crippen molar-refractivity contribution in [2.24, 2.45) is 0 Å². The van der Waals surface area contributed by atoms with Gasteiger partial charge in [-0.1, -0.05) is 12.1 Å². The van der Waals surface area contributed by atoms with Gasteiger partial charge in [0, 0.05) is 17.1 Å². The van der Waals surface area contributed by atoms with Gasteiger partial charge in [0.15, 0.2) is 0 Å². The highest BCUT2D eigenvalue weighted by Gasteiger charge is 2.04. The molecule has 3 aromatic rings. The van der Waals surface area contributed by atoms with E-state index >= 15 is 0 Å². The summed E-state index contributed by atoms with van der Waals surface area (Å²) in [7, 11) is 0. The zero-order valence-electron chi connectivity index (χ0n) is 11.6. The Labute approximate surface area is 122 Å². The van der Waals surface area contributed by atoms with Crippen LogP contribution in [0.4, 0.5) is 4.39 Å². The maximum atomic E-state index is 12.9. The van der Waals surface area contributed by atoms with Gasteiger partial charge >= 0.3 is 0 Å². The highest BCUT2D eigenvalue weighted by molar-refractivity contribution is 5.88. The number of carbonyl (C=O) groups excluding carboxylic acids is 1. The molecule has 0 bridgehead atoms. The zero-order valence-corrected chi connectivity index (χ0v) is 11.6. The van der Waals surface area contributed by atoms with Crippen molar-refractivity contribution >= 4 is 17.2 Å². The van der Waals surface area contributed by atoms with Gasteiger partial charge in [-0.25, -0.2) is 4.39 Å². The number of fused-ring (bicyclic) bond motifs is 1. The van der Waals surface area contributed by atoms with Gasteiger partial charge in [0.25, 0.3) is 0 Å². The van der Waals surface area contributed by atoms with Crippen molar-refractivity contribution in [1.82, 2.24) is 4.98 Å². The third-order valence-corrected chi connectivity index (χ3v) is 3.57. The summed E-state index contributed by atoms with van der Waals surface area (Å²) in [5.74, 6) is -0.229. The second-order valence-corrected chi connectivity index (χ2v) is 5.17. The highest BCUT2D eigenvalue weighted by atomic mass is 19.1. The number of halogens is 1. The Bertz CT molecular complexity index is 809. The van der Waals surface area contributed by atoms with E-state index in [4.69, 9.17) is 0 Å². The summed E-state index contributed by atoms with van der Waals surface area (Å²) in [6.07, 6.45) is 3.36. The van der Waals surface area contributed by atoms with Crippen LogP contribution in [0, 0.1) is 12.7 Å². The number of pyridine rings is 1. The van der Waals surface area contributed by atoms with Gasteiger partial charge in [-0.15, -0.1) is 0 Å². The zero-order chi connectivity index (χ0) is 14.8. The van der Waals surface area contributed by atoms with E-state index in [0.717, 1.165) is 33.9 Å². The molecular weight excluding hydrogens is 265 g/mol. The van der Waals surface area contributed by atoms with Crippen LogP contribution < -0.4 is 0 Å². The summed E-state index contributed by atoms with van der Waals surface area (Å²) >= 11 is 0. The van der Waals surface area contributed by atoms with E-state index < -0.39 is 0 Å². The first-order chi connectivity index (χ1) is 10.2. The van der Waals surface area contributed by atoms with E-state index in [9.17, 15) is 9.18 Å². The van der Waals surface area contributed by atoms with Crippen LogP contribution in [0.5, 0.6) is 0 Å². The van der Waals surface area contributed by atoms with Crippen molar-refractivity contribution in [1.29, 1.82) is 0 Å². The average Bonchev–Trinajstić information content (AvgIpc) is 2.49. The molecule has 3 heteroatoms. The maximum Gasteiger partial charge on any atom is 0.150 e. The molecule has 0 fully saturated rings. The Kier molecular flexibility index (Phi) is 3.48. The van der Waals surface area contributed by atoms with Crippen LogP contribution in [0.2, 0.25) is 0 Å². The third kappa shape index (κ3) is 2.82. The minimum absolute atomic E-state index is 0.229. The monoisotopic (exact) mass is 279 g/mol. The summed E-state index contributed by atoms with van der Waals surface area (Å²) in [6, 6.07) is 12.3. The molecule has 0 aliphatic rings. The van der Waals surface area contributed by atoms with E-state index in [1.165, 1.54) is 12.1 Å². The Morgan fingerprint density at radius 1 is 1.10 bits per heavy atom. The van der Waals surface area contributed by atoms with Gasteiger partial charge in [0.2, 0.25) is 0 Å². The molecule has 2 aromatic carbocycles. The maximum absolute atomic E-state index is 12.9. The molecule has 1 heterocycles. The van der Waals surface area contributed by atoms with E-state index in [1.807, 2.05) is 13.0 Å². The first-order valence-electron chi connectivity index (χ1n) is 6.74. The van der Waals surface area contributed by atoms with Gasteiger partial charge in [-0.3, -0.25) is 9.78 Å². The molecule has 0 amide bonds. The fraction of sp³-hybridized carbons (Fsp3) is 0.111. The number of nitrogens with zero attached hydrogens (tertiary/aromatic N) is 1. The molecule has 0 radical (unpaired) electrons. The number of carbonyl (C=O) groups is 1. The minimum Gasteiger partial charge on any atom is -0.298 e. The molecule has 0 aliphatic carbocycles. The quantitative estimate of drug-likeness (QED) is 0.676. The van der Waals surface area contributed by atoms with Crippen LogP contribution in [-0.4, -0.2) is 11.3 Å². The molecule has 0 unspecified atom stereocenters. The van der Waals surface area contributed by atoms with Gasteiger partial charge in [0.1, 0.15) is 12.1 Å². The molecule has 1 aromatic heterocycles.